The van der Waals surface area contributed by atoms with Crippen LogP contribution in [0.2, 0.25) is 10.0 Å². The van der Waals surface area contributed by atoms with Gasteiger partial charge in [-0.25, -0.2) is 4.98 Å². The Morgan fingerprint density at radius 1 is 1.28 bits per heavy atom. The van der Waals surface area contributed by atoms with E-state index in [0.717, 1.165) is 0 Å². The van der Waals surface area contributed by atoms with Crippen LogP contribution in [0, 0.1) is 0 Å². The van der Waals surface area contributed by atoms with Gasteiger partial charge in [-0.3, -0.25) is 4.79 Å². The van der Waals surface area contributed by atoms with Gasteiger partial charge in [-0.2, -0.15) is 0 Å². The first-order valence-electron chi connectivity index (χ1n) is 4.95. The van der Waals surface area contributed by atoms with Gasteiger partial charge >= 0.3 is 0 Å². The summed E-state index contributed by atoms with van der Waals surface area (Å²) in [4.78, 5) is 16.0. The molecule has 92 valence electrons. The molecule has 0 saturated heterocycles. The molecule has 0 unspecified atom stereocenters. The second-order valence-electron chi connectivity index (χ2n) is 3.42. The van der Waals surface area contributed by atoms with E-state index in [1.54, 1.807) is 36.5 Å². The number of carbonyl (C=O) groups is 1. The van der Waals surface area contributed by atoms with Gasteiger partial charge in [-0.1, -0.05) is 23.2 Å². The van der Waals surface area contributed by atoms with Crippen LogP contribution in [0.15, 0.2) is 41.1 Å². The van der Waals surface area contributed by atoms with E-state index in [4.69, 9.17) is 23.2 Å². The molecule has 0 bridgehead atoms. The first-order valence-corrected chi connectivity index (χ1v) is 6.50. The maximum absolute atomic E-state index is 12.0. The summed E-state index contributed by atoms with van der Waals surface area (Å²) in [5.41, 5.74) is 0.887. The predicted molar refractivity (Wildman–Crippen MR) is 76.4 cm³/mol. The van der Waals surface area contributed by atoms with Crippen LogP contribution in [0.5, 0.6) is 0 Å². The van der Waals surface area contributed by atoms with Gasteiger partial charge in [0, 0.05) is 11.2 Å². The number of hydrogen-bond donors (Lipinski definition) is 1. The van der Waals surface area contributed by atoms with Crippen LogP contribution >= 0.6 is 39.1 Å². The van der Waals surface area contributed by atoms with E-state index in [-0.39, 0.29) is 5.91 Å². The molecule has 18 heavy (non-hydrogen) atoms. The number of nitrogens with zero attached hydrogens (tertiary/aromatic N) is 1. The smallest absolute Gasteiger partial charge is 0.258 e. The molecule has 0 aliphatic heterocycles. The third-order valence-corrected chi connectivity index (χ3v) is 3.38. The van der Waals surface area contributed by atoms with Gasteiger partial charge in [0.1, 0.15) is 4.60 Å². The van der Waals surface area contributed by atoms with Crippen molar-refractivity contribution in [2.24, 2.45) is 0 Å². The average Bonchev–Trinajstić information content (AvgIpc) is 2.34. The Kier molecular flexibility index (Phi) is 4.22. The fourth-order valence-corrected chi connectivity index (χ4v) is 2.11. The summed E-state index contributed by atoms with van der Waals surface area (Å²) in [6.07, 6.45) is 1.59. The molecule has 3 nitrogen and oxygen atoms in total. The number of hydrogen-bond acceptors (Lipinski definition) is 2. The van der Waals surface area contributed by atoms with Gasteiger partial charge in [-0.05, 0) is 46.3 Å². The van der Waals surface area contributed by atoms with E-state index < -0.39 is 0 Å². The molecule has 1 N–H and O–H groups in total. The molecule has 1 amide bonds. The maximum atomic E-state index is 12.0. The molecule has 0 atom stereocenters. The largest absolute Gasteiger partial charge is 0.320 e. The summed E-state index contributed by atoms with van der Waals surface area (Å²) in [5.74, 6) is -0.306. The SMILES string of the molecule is O=C(Nc1cc(Cl)ccc1Cl)c1cccnc1Br. The van der Waals surface area contributed by atoms with Gasteiger partial charge in [0.2, 0.25) is 0 Å². The molecule has 6 heteroatoms. The van der Waals surface area contributed by atoms with Crippen LogP contribution < -0.4 is 5.32 Å². The number of nitrogens with one attached hydrogen (secondary N) is 1. The lowest BCUT2D eigenvalue weighted by Gasteiger charge is -2.08. The van der Waals surface area contributed by atoms with Crippen LogP contribution in [-0.2, 0) is 0 Å². The van der Waals surface area contributed by atoms with Crippen molar-refractivity contribution in [2.75, 3.05) is 5.32 Å². The number of carbonyl (C=O) groups excluding carboxylic acids is 1. The van der Waals surface area contributed by atoms with Crippen molar-refractivity contribution < 1.29 is 4.79 Å². The quantitative estimate of drug-likeness (QED) is 0.819. The topological polar surface area (TPSA) is 42.0 Å². The van der Waals surface area contributed by atoms with Gasteiger partial charge in [-0.15, -0.1) is 0 Å². The molecular formula is C12H7BrCl2N2O. The molecule has 0 radical (unpaired) electrons. The minimum Gasteiger partial charge on any atom is -0.320 e. The number of aromatic nitrogens is 1. The third kappa shape index (κ3) is 3.02. The summed E-state index contributed by atoms with van der Waals surface area (Å²) in [6.45, 7) is 0. The Hall–Kier alpha value is -1.10. The fourth-order valence-electron chi connectivity index (χ4n) is 1.34. The van der Waals surface area contributed by atoms with Crippen molar-refractivity contribution >= 4 is 50.7 Å². The van der Waals surface area contributed by atoms with Crippen LogP contribution in [0.3, 0.4) is 0 Å². The molecular weight excluding hydrogens is 339 g/mol. The Labute approximate surface area is 122 Å². The average molecular weight is 346 g/mol. The lowest BCUT2D eigenvalue weighted by molar-refractivity contribution is 0.102. The van der Waals surface area contributed by atoms with Crippen molar-refractivity contribution in [1.82, 2.24) is 4.98 Å². The molecule has 1 heterocycles. The second kappa shape index (κ2) is 5.69. The lowest BCUT2D eigenvalue weighted by atomic mass is 10.2. The molecule has 0 fully saturated rings. The van der Waals surface area contributed by atoms with E-state index in [2.05, 4.69) is 26.2 Å². The number of pyridine rings is 1. The number of benzene rings is 1. The van der Waals surface area contributed by atoms with E-state index in [1.807, 2.05) is 0 Å². The normalized spacial score (nSPS) is 10.2. The molecule has 2 aromatic rings. The summed E-state index contributed by atoms with van der Waals surface area (Å²) < 4.78 is 0.473. The Morgan fingerprint density at radius 3 is 2.78 bits per heavy atom. The molecule has 1 aromatic carbocycles. The van der Waals surface area contributed by atoms with E-state index in [9.17, 15) is 4.79 Å². The summed E-state index contributed by atoms with van der Waals surface area (Å²) in [6, 6.07) is 8.20. The zero-order valence-electron chi connectivity index (χ0n) is 8.95. The maximum Gasteiger partial charge on any atom is 0.258 e. The van der Waals surface area contributed by atoms with Crippen molar-refractivity contribution in [1.29, 1.82) is 0 Å². The first-order chi connectivity index (χ1) is 8.58. The predicted octanol–water partition coefficient (Wildman–Crippen LogP) is 4.40. The van der Waals surface area contributed by atoms with Crippen molar-refractivity contribution in [3.8, 4) is 0 Å². The Bertz CT molecular complexity index is 604. The van der Waals surface area contributed by atoms with Gasteiger partial charge < -0.3 is 5.32 Å². The summed E-state index contributed by atoms with van der Waals surface area (Å²) >= 11 is 15.0. The number of amides is 1. The van der Waals surface area contributed by atoms with E-state index >= 15 is 0 Å². The van der Waals surface area contributed by atoms with Crippen molar-refractivity contribution in [3.63, 3.8) is 0 Å². The van der Waals surface area contributed by atoms with Gasteiger partial charge in [0.15, 0.2) is 0 Å². The fraction of sp³-hybridized carbons (Fsp3) is 0. The Balaban J connectivity index is 2.27. The lowest BCUT2D eigenvalue weighted by Crippen LogP contribution is -2.13. The third-order valence-electron chi connectivity index (χ3n) is 2.18. The Morgan fingerprint density at radius 2 is 2.06 bits per heavy atom. The molecule has 0 spiro atoms. The highest BCUT2D eigenvalue weighted by Crippen LogP contribution is 2.26. The minimum atomic E-state index is -0.306. The standard InChI is InChI=1S/C12H7BrCl2N2O/c13-11-8(2-1-5-16-11)12(18)17-10-6-7(14)3-4-9(10)15/h1-6H,(H,17,18). The molecule has 0 saturated carbocycles. The number of rotatable bonds is 2. The van der Waals surface area contributed by atoms with Crippen LogP contribution in [0.1, 0.15) is 10.4 Å². The first kappa shape index (κ1) is 13.3. The monoisotopic (exact) mass is 344 g/mol. The zero-order valence-corrected chi connectivity index (χ0v) is 12.1. The van der Waals surface area contributed by atoms with E-state index in [0.29, 0.717) is 25.9 Å². The summed E-state index contributed by atoms with van der Waals surface area (Å²) in [5, 5.41) is 3.61. The molecule has 2 rings (SSSR count). The minimum absolute atomic E-state index is 0.306. The molecule has 1 aromatic heterocycles. The van der Waals surface area contributed by atoms with Crippen LogP contribution in [-0.4, -0.2) is 10.9 Å². The van der Waals surface area contributed by atoms with Gasteiger partial charge in [0.05, 0.1) is 16.3 Å². The van der Waals surface area contributed by atoms with Crippen molar-refractivity contribution in [2.45, 2.75) is 0 Å². The highest BCUT2D eigenvalue weighted by molar-refractivity contribution is 9.10. The second-order valence-corrected chi connectivity index (χ2v) is 5.01. The van der Waals surface area contributed by atoms with Crippen LogP contribution in [0.25, 0.3) is 0 Å². The highest BCUT2D eigenvalue weighted by Gasteiger charge is 2.12. The van der Waals surface area contributed by atoms with Crippen molar-refractivity contribution in [3.05, 3.63) is 56.7 Å². The number of anilines is 1. The van der Waals surface area contributed by atoms with Crippen LogP contribution in [0.4, 0.5) is 5.69 Å². The van der Waals surface area contributed by atoms with E-state index in [1.165, 1.54) is 0 Å². The molecule has 0 aliphatic rings. The number of halogens is 3. The zero-order chi connectivity index (χ0) is 13.1. The van der Waals surface area contributed by atoms with Gasteiger partial charge in [0.25, 0.3) is 5.91 Å². The molecule has 0 aliphatic carbocycles. The highest BCUT2D eigenvalue weighted by atomic mass is 79.9. The summed E-state index contributed by atoms with van der Waals surface area (Å²) in [7, 11) is 0.